The second-order valence-corrected chi connectivity index (χ2v) is 6.21. The van der Waals surface area contributed by atoms with E-state index in [1.165, 1.54) is 12.1 Å². The normalized spacial score (nSPS) is 10.9. The Morgan fingerprint density at radius 2 is 2.00 bits per heavy atom. The largest absolute Gasteiger partial charge is 0.361 e. The number of aromatic nitrogens is 3. The van der Waals surface area contributed by atoms with Gasteiger partial charge in [0.25, 0.3) is 5.91 Å². The zero-order valence-corrected chi connectivity index (χ0v) is 15.0. The standard InChI is InChI=1S/C19H21FN4O2/c1-4-5-16-10-17(23-26-16)19(25)21-18-12(2)22-24(13(18)3)11-14-6-8-15(20)9-7-14/h6-10H,4-5,11H2,1-3H3,(H,21,25). The third-order valence-corrected chi connectivity index (χ3v) is 4.15. The van der Waals surface area contributed by atoms with Gasteiger partial charge >= 0.3 is 0 Å². The van der Waals surface area contributed by atoms with E-state index in [0.29, 0.717) is 23.7 Å². The first-order chi connectivity index (χ1) is 12.5. The summed E-state index contributed by atoms with van der Waals surface area (Å²) in [6.45, 7) is 6.23. The molecule has 2 heterocycles. The Balaban J connectivity index is 1.76. The van der Waals surface area contributed by atoms with Gasteiger partial charge in [-0.15, -0.1) is 0 Å². The minimum atomic E-state index is -0.330. The summed E-state index contributed by atoms with van der Waals surface area (Å²) in [4.78, 5) is 12.4. The summed E-state index contributed by atoms with van der Waals surface area (Å²) < 4.78 is 20.0. The maximum atomic E-state index is 13.0. The molecule has 26 heavy (non-hydrogen) atoms. The number of benzene rings is 1. The van der Waals surface area contributed by atoms with Gasteiger partial charge in [0.1, 0.15) is 11.6 Å². The van der Waals surface area contributed by atoms with Crippen LogP contribution in [0.1, 0.15) is 46.5 Å². The van der Waals surface area contributed by atoms with E-state index in [-0.39, 0.29) is 17.4 Å². The van der Waals surface area contributed by atoms with Crippen LogP contribution in [0.4, 0.5) is 10.1 Å². The molecule has 2 aromatic heterocycles. The Kier molecular flexibility index (Phi) is 5.16. The van der Waals surface area contributed by atoms with Crippen molar-refractivity contribution >= 4 is 11.6 Å². The van der Waals surface area contributed by atoms with E-state index < -0.39 is 0 Å². The van der Waals surface area contributed by atoms with E-state index in [2.05, 4.69) is 15.6 Å². The predicted molar refractivity (Wildman–Crippen MR) is 95.7 cm³/mol. The summed E-state index contributed by atoms with van der Waals surface area (Å²) in [6.07, 6.45) is 1.67. The van der Waals surface area contributed by atoms with Gasteiger partial charge in [0.2, 0.25) is 0 Å². The van der Waals surface area contributed by atoms with Crippen LogP contribution in [0.3, 0.4) is 0 Å². The van der Waals surface area contributed by atoms with Crippen molar-refractivity contribution < 1.29 is 13.7 Å². The predicted octanol–water partition coefficient (Wildman–Crippen LogP) is 3.88. The number of amides is 1. The van der Waals surface area contributed by atoms with E-state index in [1.54, 1.807) is 22.9 Å². The van der Waals surface area contributed by atoms with Gasteiger partial charge in [-0.3, -0.25) is 9.48 Å². The minimum absolute atomic E-state index is 0.249. The van der Waals surface area contributed by atoms with Crippen LogP contribution in [0.5, 0.6) is 0 Å². The summed E-state index contributed by atoms with van der Waals surface area (Å²) >= 11 is 0. The highest BCUT2D eigenvalue weighted by Crippen LogP contribution is 2.21. The lowest BCUT2D eigenvalue weighted by molar-refractivity contribution is 0.101. The SMILES string of the molecule is CCCc1cc(C(=O)Nc2c(C)nn(Cc3ccc(F)cc3)c2C)no1. The van der Waals surface area contributed by atoms with Gasteiger partial charge < -0.3 is 9.84 Å². The number of nitrogens with one attached hydrogen (secondary N) is 1. The molecule has 0 radical (unpaired) electrons. The molecule has 0 aliphatic heterocycles. The van der Waals surface area contributed by atoms with E-state index in [0.717, 1.165) is 24.1 Å². The number of carbonyl (C=O) groups is 1. The van der Waals surface area contributed by atoms with Crippen molar-refractivity contribution in [1.29, 1.82) is 0 Å². The van der Waals surface area contributed by atoms with Crippen LogP contribution in [0.15, 0.2) is 34.9 Å². The number of hydrogen-bond acceptors (Lipinski definition) is 4. The van der Waals surface area contributed by atoms with E-state index in [4.69, 9.17) is 4.52 Å². The van der Waals surface area contributed by atoms with Crippen molar-refractivity contribution in [3.05, 3.63) is 64.6 Å². The van der Waals surface area contributed by atoms with E-state index in [1.807, 2.05) is 20.8 Å². The van der Waals surface area contributed by atoms with Crippen molar-refractivity contribution in [3.63, 3.8) is 0 Å². The summed E-state index contributed by atoms with van der Waals surface area (Å²) in [7, 11) is 0. The van der Waals surface area contributed by atoms with Crippen LogP contribution < -0.4 is 5.32 Å². The average Bonchev–Trinajstić information content (AvgIpc) is 3.18. The number of halogens is 1. The Bertz CT molecular complexity index is 912. The molecule has 0 bridgehead atoms. The van der Waals surface area contributed by atoms with Crippen LogP contribution >= 0.6 is 0 Å². The molecule has 0 aliphatic rings. The van der Waals surface area contributed by atoms with Gasteiger partial charge in [-0.05, 0) is 38.0 Å². The van der Waals surface area contributed by atoms with Crippen LogP contribution in [0, 0.1) is 19.7 Å². The first kappa shape index (κ1) is 17.8. The fourth-order valence-corrected chi connectivity index (χ4v) is 2.76. The molecule has 3 rings (SSSR count). The highest BCUT2D eigenvalue weighted by molar-refractivity contribution is 6.03. The topological polar surface area (TPSA) is 73.0 Å². The molecule has 7 heteroatoms. The Labute approximate surface area is 151 Å². The molecule has 0 fully saturated rings. The molecule has 3 aromatic rings. The molecule has 1 amide bonds. The van der Waals surface area contributed by atoms with Crippen molar-refractivity contribution in [2.24, 2.45) is 0 Å². The lowest BCUT2D eigenvalue weighted by Crippen LogP contribution is -2.13. The smallest absolute Gasteiger partial charge is 0.277 e. The lowest BCUT2D eigenvalue weighted by Gasteiger charge is -2.06. The molecule has 1 aromatic carbocycles. The zero-order chi connectivity index (χ0) is 18.7. The Morgan fingerprint density at radius 3 is 2.69 bits per heavy atom. The molecule has 0 unspecified atom stereocenters. The number of carbonyl (C=O) groups excluding carboxylic acids is 1. The summed E-state index contributed by atoms with van der Waals surface area (Å²) in [5.41, 5.74) is 3.35. The van der Waals surface area contributed by atoms with Crippen molar-refractivity contribution in [2.75, 3.05) is 5.32 Å². The Hall–Kier alpha value is -2.96. The zero-order valence-electron chi connectivity index (χ0n) is 15.0. The molecular weight excluding hydrogens is 335 g/mol. The molecule has 0 saturated carbocycles. The van der Waals surface area contributed by atoms with Crippen molar-refractivity contribution in [3.8, 4) is 0 Å². The third kappa shape index (κ3) is 3.82. The minimum Gasteiger partial charge on any atom is -0.361 e. The molecule has 6 nitrogen and oxygen atoms in total. The number of anilines is 1. The molecule has 0 aliphatic carbocycles. The van der Waals surface area contributed by atoms with Crippen molar-refractivity contribution in [1.82, 2.24) is 14.9 Å². The number of rotatable bonds is 6. The Morgan fingerprint density at radius 1 is 1.27 bits per heavy atom. The highest BCUT2D eigenvalue weighted by Gasteiger charge is 2.18. The van der Waals surface area contributed by atoms with Gasteiger partial charge in [0.15, 0.2) is 5.69 Å². The van der Waals surface area contributed by atoms with Crippen LogP contribution in [-0.4, -0.2) is 20.8 Å². The molecular formula is C19H21FN4O2. The third-order valence-electron chi connectivity index (χ3n) is 4.15. The summed E-state index contributed by atoms with van der Waals surface area (Å²) in [5.74, 6) is 0.0897. The highest BCUT2D eigenvalue weighted by atomic mass is 19.1. The molecule has 136 valence electrons. The fourth-order valence-electron chi connectivity index (χ4n) is 2.76. The maximum absolute atomic E-state index is 13.0. The molecule has 1 N–H and O–H groups in total. The summed E-state index contributed by atoms with van der Waals surface area (Å²) in [6, 6.07) is 7.93. The average molecular weight is 356 g/mol. The van der Waals surface area contributed by atoms with E-state index in [9.17, 15) is 9.18 Å². The van der Waals surface area contributed by atoms with E-state index >= 15 is 0 Å². The second kappa shape index (κ2) is 7.51. The van der Waals surface area contributed by atoms with Crippen molar-refractivity contribution in [2.45, 2.75) is 40.2 Å². The first-order valence-electron chi connectivity index (χ1n) is 8.53. The molecule has 0 atom stereocenters. The van der Waals surface area contributed by atoms with Gasteiger partial charge in [0, 0.05) is 12.5 Å². The second-order valence-electron chi connectivity index (χ2n) is 6.21. The van der Waals surface area contributed by atoms with Crippen LogP contribution in [0.25, 0.3) is 0 Å². The van der Waals surface area contributed by atoms with Crippen LogP contribution in [0.2, 0.25) is 0 Å². The molecule has 0 spiro atoms. The maximum Gasteiger partial charge on any atom is 0.277 e. The van der Waals surface area contributed by atoms with Gasteiger partial charge in [-0.1, -0.05) is 24.2 Å². The summed E-state index contributed by atoms with van der Waals surface area (Å²) in [5, 5.41) is 11.2. The molecule has 0 saturated heterocycles. The number of hydrogen-bond donors (Lipinski definition) is 1. The quantitative estimate of drug-likeness (QED) is 0.727. The monoisotopic (exact) mass is 356 g/mol. The van der Waals surface area contributed by atoms with Gasteiger partial charge in [0.05, 0.1) is 23.6 Å². The first-order valence-corrected chi connectivity index (χ1v) is 8.53. The van der Waals surface area contributed by atoms with Crippen LogP contribution in [-0.2, 0) is 13.0 Å². The van der Waals surface area contributed by atoms with Gasteiger partial charge in [-0.25, -0.2) is 4.39 Å². The number of aryl methyl sites for hydroxylation is 2. The number of nitrogens with zero attached hydrogens (tertiary/aromatic N) is 3. The lowest BCUT2D eigenvalue weighted by atomic mass is 10.2. The van der Waals surface area contributed by atoms with Gasteiger partial charge in [-0.2, -0.15) is 5.10 Å². The fraction of sp³-hybridized carbons (Fsp3) is 0.316.